The predicted octanol–water partition coefficient (Wildman–Crippen LogP) is 1.46. The number of hydrogen-bond acceptors (Lipinski definition) is 8. The van der Waals surface area contributed by atoms with E-state index in [1.165, 1.54) is 5.56 Å². The number of furan rings is 1. The lowest BCUT2D eigenvalue weighted by Crippen LogP contribution is -2.60. The van der Waals surface area contributed by atoms with Gasteiger partial charge in [-0.25, -0.2) is 0 Å². The number of aliphatic hydroxyl groups is 4. The van der Waals surface area contributed by atoms with E-state index in [-0.39, 0.29) is 0 Å². The van der Waals surface area contributed by atoms with Crippen LogP contribution in [0.25, 0.3) is 11.0 Å². The smallest absolute Gasteiger partial charge is 0.229 e. The van der Waals surface area contributed by atoms with Gasteiger partial charge in [-0.1, -0.05) is 18.2 Å². The van der Waals surface area contributed by atoms with Crippen molar-refractivity contribution in [1.82, 2.24) is 0 Å². The minimum atomic E-state index is -1.50. The maximum absolute atomic E-state index is 10.3. The van der Waals surface area contributed by atoms with Crippen molar-refractivity contribution in [3.8, 4) is 5.75 Å². The summed E-state index contributed by atoms with van der Waals surface area (Å²) in [5.41, 5.74) is 3.90. The molecule has 2 heterocycles. The van der Waals surface area contributed by atoms with Crippen LogP contribution in [0.4, 0.5) is 5.69 Å². The van der Waals surface area contributed by atoms with E-state index < -0.39 is 37.3 Å². The predicted molar refractivity (Wildman–Crippen MR) is 119 cm³/mol. The maximum atomic E-state index is 10.3. The highest BCUT2D eigenvalue weighted by Gasteiger charge is 2.44. The van der Waals surface area contributed by atoms with Crippen molar-refractivity contribution < 1.29 is 34.3 Å². The molecule has 8 nitrogen and oxygen atoms in total. The molecule has 32 heavy (non-hydrogen) atoms. The lowest BCUT2D eigenvalue weighted by molar-refractivity contribution is -0.277. The van der Waals surface area contributed by atoms with Crippen molar-refractivity contribution in [2.75, 3.05) is 25.6 Å². The molecule has 4 N–H and O–H groups in total. The standard InChI is InChI=1S/C24H29NO7/c1-25(2)16-10-7-14(8-11-16)6-9-15-13-30-17-4-3-5-18(20(15)17)31-24-23(29)22(28)21(27)19(12-26)32-24/h3-5,7-8,10-11,13,19,21-24,26-29H,6,9,12H2,1-2H3/t19-,21-,22+,23-,24-/m1/s1. The monoisotopic (exact) mass is 443 g/mol. The van der Waals surface area contributed by atoms with E-state index in [4.69, 9.17) is 13.9 Å². The molecule has 2 aromatic carbocycles. The Bertz CT molecular complexity index is 1030. The summed E-state index contributed by atoms with van der Waals surface area (Å²) in [4.78, 5) is 2.05. The Morgan fingerprint density at radius 1 is 0.938 bits per heavy atom. The Kier molecular flexibility index (Phi) is 6.68. The van der Waals surface area contributed by atoms with E-state index in [1.807, 2.05) is 20.2 Å². The summed E-state index contributed by atoms with van der Waals surface area (Å²) in [7, 11) is 4.01. The molecule has 0 spiro atoms. The third-order valence-corrected chi connectivity index (χ3v) is 5.86. The number of fused-ring (bicyclic) bond motifs is 1. The lowest BCUT2D eigenvalue weighted by Gasteiger charge is -2.39. The quantitative estimate of drug-likeness (QED) is 0.434. The van der Waals surface area contributed by atoms with E-state index in [0.717, 1.165) is 23.1 Å². The minimum Gasteiger partial charge on any atom is -0.464 e. The molecule has 0 aliphatic carbocycles. The van der Waals surface area contributed by atoms with Crippen LogP contribution in [0.3, 0.4) is 0 Å². The van der Waals surface area contributed by atoms with Crippen LogP contribution in [-0.2, 0) is 17.6 Å². The molecule has 0 unspecified atom stereocenters. The number of rotatable bonds is 7. The van der Waals surface area contributed by atoms with Crippen LogP contribution in [0, 0.1) is 0 Å². The van der Waals surface area contributed by atoms with Gasteiger partial charge < -0.3 is 39.2 Å². The van der Waals surface area contributed by atoms with Gasteiger partial charge in [0.15, 0.2) is 0 Å². The van der Waals surface area contributed by atoms with Gasteiger partial charge in [0.25, 0.3) is 0 Å². The first-order valence-corrected chi connectivity index (χ1v) is 10.6. The first-order valence-electron chi connectivity index (χ1n) is 10.6. The normalized spacial score (nSPS) is 25.8. The van der Waals surface area contributed by atoms with E-state index in [9.17, 15) is 20.4 Å². The fraction of sp³-hybridized carbons (Fsp3) is 0.417. The van der Waals surface area contributed by atoms with Gasteiger partial charge in [-0.15, -0.1) is 0 Å². The topological polar surface area (TPSA) is 116 Å². The molecule has 0 radical (unpaired) electrons. The summed E-state index contributed by atoms with van der Waals surface area (Å²) in [6.45, 7) is -0.515. The van der Waals surface area contributed by atoms with E-state index in [1.54, 1.807) is 18.4 Å². The summed E-state index contributed by atoms with van der Waals surface area (Å²) >= 11 is 0. The van der Waals surface area contributed by atoms with Crippen LogP contribution < -0.4 is 9.64 Å². The number of nitrogens with zero attached hydrogens (tertiary/aromatic N) is 1. The highest BCUT2D eigenvalue weighted by molar-refractivity contribution is 5.87. The second-order valence-electron chi connectivity index (χ2n) is 8.27. The second-order valence-corrected chi connectivity index (χ2v) is 8.27. The number of anilines is 1. The van der Waals surface area contributed by atoms with Gasteiger partial charge in [0.05, 0.1) is 18.3 Å². The number of hydrogen-bond donors (Lipinski definition) is 4. The molecule has 8 heteroatoms. The van der Waals surface area contributed by atoms with Crippen molar-refractivity contribution in [2.24, 2.45) is 0 Å². The third-order valence-electron chi connectivity index (χ3n) is 5.86. The number of aliphatic hydroxyl groups excluding tert-OH is 4. The fourth-order valence-electron chi connectivity index (χ4n) is 3.93. The largest absolute Gasteiger partial charge is 0.464 e. The van der Waals surface area contributed by atoms with Crippen molar-refractivity contribution in [3.05, 3.63) is 59.9 Å². The van der Waals surface area contributed by atoms with Gasteiger partial charge in [-0.2, -0.15) is 0 Å². The number of benzene rings is 2. The van der Waals surface area contributed by atoms with Crippen LogP contribution in [-0.4, -0.2) is 71.8 Å². The molecule has 0 amide bonds. The average Bonchev–Trinajstić information content (AvgIpc) is 3.22. The summed E-state index contributed by atoms with van der Waals surface area (Å²) < 4.78 is 17.1. The van der Waals surface area contributed by atoms with E-state index in [0.29, 0.717) is 17.8 Å². The Balaban J connectivity index is 1.54. The van der Waals surface area contributed by atoms with Crippen LogP contribution >= 0.6 is 0 Å². The van der Waals surface area contributed by atoms with Gasteiger partial charge in [-0.05, 0) is 42.7 Å². The van der Waals surface area contributed by atoms with Gasteiger partial charge in [-0.3, -0.25) is 0 Å². The van der Waals surface area contributed by atoms with Crippen molar-refractivity contribution in [3.63, 3.8) is 0 Å². The average molecular weight is 443 g/mol. The van der Waals surface area contributed by atoms with Crippen molar-refractivity contribution in [1.29, 1.82) is 0 Å². The molecule has 1 fully saturated rings. The summed E-state index contributed by atoms with van der Waals surface area (Å²) in [6, 6.07) is 13.7. The number of aryl methyl sites for hydroxylation is 2. The third kappa shape index (κ3) is 4.46. The minimum absolute atomic E-state index is 0.429. The van der Waals surface area contributed by atoms with Crippen molar-refractivity contribution >= 4 is 16.7 Å². The first-order chi connectivity index (χ1) is 15.4. The molecular formula is C24H29NO7. The van der Waals surface area contributed by atoms with E-state index >= 15 is 0 Å². The molecule has 1 aliphatic heterocycles. The first kappa shape index (κ1) is 22.6. The Labute approximate surface area is 186 Å². The van der Waals surface area contributed by atoms with Crippen LogP contribution in [0.1, 0.15) is 11.1 Å². The Morgan fingerprint density at radius 3 is 2.38 bits per heavy atom. The highest BCUT2D eigenvalue weighted by Crippen LogP contribution is 2.34. The van der Waals surface area contributed by atoms with Gasteiger partial charge in [0.1, 0.15) is 35.7 Å². The molecular weight excluding hydrogens is 414 g/mol. The Hall–Kier alpha value is -2.62. The van der Waals surface area contributed by atoms with Crippen LogP contribution in [0.2, 0.25) is 0 Å². The van der Waals surface area contributed by atoms with E-state index in [2.05, 4.69) is 29.2 Å². The zero-order chi connectivity index (χ0) is 22.8. The van der Waals surface area contributed by atoms with Gasteiger partial charge in [0.2, 0.25) is 6.29 Å². The summed E-state index contributed by atoms with van der Waals surface area (Å²) in [6.07, 6.45) is -3.50. The molecule has 172 valence electrons. The maximum Gasteiger partial charge on any atom is 0.229 e. The second kappa shape index (κ2) is 9.48. The van der Waals surface area contributed by atoms with Gasteiger partial charge in [0, 0.05) is 25.3 Å². The zero-order valence-corrected chi connectivity index (χ0v) is 18.1. The zero-order valence-electron chi connectivity index (χ0n) is 18.1. The fourth-order valence-corrected chi connectivity index (χ4v) is 3.93. The molecule has 4 rings (SSSR count). The Morgan fingerprint density at radius 2 is 1.69 bits per heavy atom. The molecule has 1 aromatic heterocycles. The van der Waals surface area contributed by atoms with Gasteiger partial charge >= 0.3 is 0 Å². The SMILES string of the molecule is CN(C)c1ccc(CCc2coc3cccc(O[C@@H]4O[C@H](CO)[C@@H](O)[C@H](O)[C@H]4O)c23)cc1. The van der Waals surface area contributed by atoms with Crippen LogP contribution in [0.15, 0.2) is 53.1 Å². The lowest BCUT2D eigenvalue weighted by atomic mass is 9.99. The summed E-state index contributed by atoms with van der Waals surface area (Å²) in [5, 5.41) is 40.5. The number of ether oxygens (including phenoxy) is 2. The molecule has 0 bridgehead atoms. The van der Waals surface area contributed by atoms with Crippen molar-refractivity contribution in [2.45, 2.75) is 43.5 Å². The molecule has 1 aliphatic rings. The molecule has 1 saturated heterocycles. The van der Waals surface area contributed by atoms with Crippen LogP contribution in [0.5, 0.6) is 5.75 Å². The molecule has 0 saturated carbocycles. The summed E-state index contributed by atoms with van der Waals surface area (Å²) in [5.74, 6) is 0.429. The molecule has 3 aromatic rings. The highest BCUT2D eigenvalue weighted by atomic mass is 16.7. The molecule has 5 atom stereocenters.